The number of hydrogen-bond acceptors (Lipinski definition) is 5. The summed E-state index contributed by atoms with van der Waals surface area (Å²) in [5.41, 5.74) is 1.91. The number of amides is 1. The van der Waals surface area contributed by atoms with Gasteiger partial charge in [-0.25, -0.2) is 0 Å². The number of hydrogen-bond donors (Lipinski definition) is 2. The molecule has 6 heteroatoms. The fourth-order valence-electron chi connectivity index (χ4n) is 3.22. The summed E-state index contributed by atoms with van der Waals surface area (Å²) in [4.78, 5) is 14.5. The van der Waals surface area contributed by atoms with Crippen LogP contribution in [0.2, 0.25) is 0 Å². The smallest absolute Gasteiger partial charge is 0.228 e. The second kappa shape index (κ2) is 5.78. The van der Waals surface area contributed by atoms with E-state index in [2.05, 4.69) is 15.5 Å². The Balaban J connectivity index is 1.49. The Bertz CT molecular complexity index is 568. The highest BCUT2D eigenvalue weighted by molar-refractivity contribution is 5.93. The lowest BCUT2D eigenvalue weighted by molar-refractivity contribution is -0.119. The molecule has 3 heterocycles. The Labute approximate surface area is 129 Å². The van der Waals surface area contributed by atoms with Crippen LogP contribution in [0.15, 0.2) is 18.2 Å². The lowest BCUT2D eigenvalue weighted by Crippen LogP contribution is -2.52. The van der Waals surface area contributed by atoms with E-state index in [9.17, 15) is 4.79 Å². The molecule has 6 nitrogen and oxygen atoms in total. The van der Waals surface area contributed by atoms with Crippen LogP contribution in [0.25, 0.3) is 0 Å². The van der Waals surface area contributed by atoms with E-state index in [4.69, 9.17) is 9.47 Å². The second-order valence-corrected chi connectivity index (χ2v) is 6.09. The summed E-state index contributed by atoms with van der Waals surface area (Å²) in [6.07, 6.45) is 0.905. The molecule has 0 radical (unpaired) electrons. The fraction of sp³-hybridized carbons (Fsp3) is 0.562. The van der Waals surface area contributed by atoms with Gasteiger partial charge in [-0.1, -0.05) is 0 Å². The number of benzene rings is 1. The molecule has 2 N–H and O–H groups in total. The van der Waals surface area contributed by atoms with E-state index in [0.717, 1.165) is 56.4 Å². The molecule has 0 aromatic heterocycles. The maximum atomic E-state index is 12.2. The minimum absolute atomic E-state index is 0.0700. The van der Waals surface area contributed by atoms with Gasteiger partial charge in [0.05, 0.1) is 37.4 Å². The van der Waals surface area contributed by atoms with Gasteiger partial charge in [0.15, 0.2) is 0 Å². The summed E-state index contributed by atoms with van der Waals surface area (Å²) in [6.45, 7) is 4.82. The Morgan fingerprint density at radius 1 is 1.36 bits per heavy atom. The molecule has 1 aromatic carbocycles. The molecule has 0 bridgehead atoms. The third-order valence-corrected chi connectivity index (χ3v) is 4.62. The highest BCUT2D eigenvalue weighted by atomic mass is 16.5. The number of carbonyl (C=O) groups excluding carboxylic acids is 1. The minimum Gasteiger partial charge on any atom is -0.489 e. The van der Waals surface area contributed by atoms with Crippen molar-refractivity contribution in [1.82, 2.24) is 5.32 Å². The first-order valence-electron chi connectivity index (χ1n) is 7.94. The first kappa shape index (κ1) is 13.8. The maximum Gasteiger partial charge on any atom is 0.228 e. The largest absolute Gasteiger partial charge is 0.489 e. The van der Waals surface area contributed by atoms with E-state index in [0.29, 0.717) is 12.6 Å². The van der Waals surface area contributed by atoms with Gasteiger partial charge in [-0.3, -0.25) is 4.79 Å². The van der Waals surface area contributed by atoms with Gasteiger partial charge in [0, 0.05) is 18.3 Å². The Kier molecular flexibility index (Phi) is 3.63. The first-order chi connectivity index (χ1) is 10.8. The number of ether oxygens (including phenoxy) is 2. The predicted molar refractivity (Wildman–Crippen MR) is 83.5 cm³/mol. The van der Waals surface area contributed by atoms with Crippen molar-refractivity contribution in [1.29, 1.82) is 0 Å². The third-order valence-electron chi connectivity index (χ3n) is 4.62. The van der Waals surface area contributed by atoms with Crippen LogP contribution in [0, 0.1) is 5.92 Å². The number of carbonyl (C=O) groups is 1. The number of anilines is 2. The zero-order valence-corrected chi connectivity index (χ0v) is 12.5. The van der Waals surface area contributed by atoms with Gasteiger partial charge in [0.2, 0.25) is 5.91 Å². The summed E-state index contributed by atoms with van der Waals surface area (Å²) >= 11 is 0. The Hall–Kier alpha value is -1.79. The van der Waals surface area contributed by atoms with Crippen LogP contribution in [0.5, 0.6) is 5.75 Å². The molecule has 0 aliphatic carbocycles. The van der Waals surface area contributed by atoms with Gasteiger partial charge in [-0.05, 0) is 25.1 Å². The Morgan fingerprint density at radius 3 is 3.00 bits per heavy atom. The predicted octanol–water partition coefficient (Wildman–Crippen LogP) is 0.832. The van der Waals surface area contributed by atoms with Crippen molar-refractivity contribution in [3.05, 3.63) is 18.2 Å². The second-order valence-electron chi connectivity index (χ2n) is 6.09. The summed E-state index contributed by atoms with van der Waals surface area (Å²) in [5.74, 6) is 1.01. The van der Waals surface area contributed by atoms with Crippen LogP contribution in [0.4, 0.5) is 11.4 Å². The highest BCUT2D eigenvalue weighted by Gasteiger charge is 2.30. The van der Waals surface area contributed by atoms with Crippen molar-refractivity contribution in [2.45, 2.75) is 12.5 Å². The third kappa shape index (κ3) is 2.53. The van der Waals surface area contributed by atoms with Gasteiger partial charge in [-0.2, -0.15) is 0 Å². The fourth-order valence-corrected chi connectivity index (χ4v) is 3.22. The zero-order chi connectivity index (χ0) is 14.9. The molecule has 3 aliphatic rings. The van der Waals surface area contributed by atoms with E-state index < -0.39 is 0 Å². The van der Waals surface area contributed by atoms with Crippen molar-refractivity contribution >= 4 is 17.3 Å². The first-order valence-corrected chi connectivity index (χ1v) is 7.94. The molecule has 0 saturated carbocycles. The molecule has 22 heavy (non-hydrogen) atoms. The van der Waals surface area contributed by atoms with Gasteiger partial charge in [0.25, 0.3) is 0 Å². The minimum atomic E-state index is 0.0700. The Morgan fingerprint density at radius 2 is 2.27 bits per heavy atom. The average Bonchev–Trinajstić information content (AvgIpc) is 3.00. The molecule has 118 valence electrons. The van der Waals surface area contributed by atoms with Crippen molar-refractivity contribution in [2.24, 2.45) is 5.92 Å². The lowest BCUT2D eigenvalue weighted by atomic mass is 10.1. The van der Waals surface area contributed by atoms with Gasteiger partial charge < -0.3 is 25.0 Å². The normalized spacial score (nSPS) is 24.4. The highest BCUT2D eigenvalue weighted by Crippen LogP contribution is 2.36. The molecule has 1 aromatic rings. The topological polar surface area (TPSA) is 62.8 Å². The lowest BCUT2D eigenvalue weighted by Gasteiger charge is -2.41. The molecule has 1 atom stereocenters. The monoisotopic (exact) mass is 303 g/mol. The van der Waals surface area contributed by atoms with Crippen LogP contribution < -0.4 is 20.3 Å². The maximum absolute atomic E-state index is 12.2. The summed E-state index contributed by atoms with van der Waals surface area (Å²) < 4.78 is 11.1. The van der Waals surface area contributed by atoms with Crippen LogP contribution in [-0.4, -0.2) is 51.4 Å². The van der Waals surface area contributed by atoms with Crippen LogP contribution in [0.1, 0.15) is 6.42 Å². The average molecular weight is 303 g/mol. The van der Waals surface area contributed by atoms with Crippen molar-refractivity contribution in [3.8, 4) is 5.75 Å². The molecule has 0 spiro atoms. The molecular formula is C16H21N3O3. The number of nitrogens with zero attached hydrogens (tertiary/aromatic N) is 1. The van der Waals surface area contributed by atoms with E-state index in [1.807, 2.05) is 18.2 Å². The number of rotatable bonds is 3. The quantitative estimate of drug-likeness (QED) is 0.866. The molecule has 4 rings (SSSR count). The SMILES string of the molecule is O=C(Nc1ccc2c(c1)OCCN2C1COC1)[C@@H]1CCNC1. The van der Waals surface area contributed by atoms with E-state index in [1.54, 1.807) is 0 Å². The standard InChI is InChI=1S/C16H21N3O3/c20-16(11-3-4-17-8-11)18-12-1-2-14-15(7-12)22-6-5-19(14)13-9-21-10-13/h1-2,7,11,13,17H,3-6,8-10H2,(H,18,20)/t11-/m1/s1. The zero-order valence-electron chi connectivity index (χ0n) is 12.5. The van der Waals surface area contributed by atoms with E-state index >= 15 is 0 Å². The van der Waals surface area contributed by atoms with Crippen molar-refractivity contribution in [2.75, 3.05) is 49.7 Å². The number of fused-ring (bicyclic) bond motifs is 1. The molecule has 2 fully saturated rings. The van der Waals surface area contributed by atoms with Gasteiger partial charge >= 0.3 is 0 Å². The summed E-state index contributed by atoms with van der Waals surface area (Å²) in [7, 11) is 0. The van der Waals surface area contributed by atoms with Crippen LogP contribution >= 0.6 is 0 Å². The van der Waals surface area contributed by atoms with Crippen molar-refractivity contribution in [3.63, 3.8) is 0 Å². The molecule has 2 saturated heterocycles. The summed E-state index contributed by atoms with van der Waals surface area (Å²) in [5, 5.41) is 6.22. The molecule has 3 aliphatic heterocycles. The molecule has 0 unspecified atom stereocenters. The van der Waals surface area contributed by atoms with Gasteiger partial charge in [-0.15, -0.1) is 0 Å². The van der Waals surface area contributed by atoms with Crippen LogP contribution in [0.3, 0.4) is 0 Å². The molecule has 1 amide bonds. The van der Waals surface area contributed by atoms with E-state index in [-0.39, 0.29) is 11.8 Å². The van der Waals surface area contributed by atoms with E-state index in [1.165, 1.54) is 0 Å². The van der Waals surface area contributed by atoms with Gasteiger partial charge in [0.1, 0.15) is 12.4 Å². The number of nitrogens with one attached hydrogen (secondary N) is 2. The summed E-state index contributed by atoms with van der Waals surface area (Å²) in [6, 6.07) is 6.38. The van der Waals surface area contributed by atoms with Crippen molar-refractivity contribution < 1.29 is 14.3 Å². The van der Waals surface area contributed by atoms with Crippen LogP contribution in [-0.2, 0) is 9.53 Å². The molecular weight excluding hydrogens is 282 g/mol.